The molecule has 0 fully saturated rings. The third-order valence-electron chi connectivity index (χ3n) is 6.22. The lowest BCUT2D eigenvalue weighted by molar-refractivity contribution is -0.139. The third-order valence-corrected chi connectivity index (χ3v) is 6.22. The number of aliphatic carboxylic acids is 1. The summed E-state index contributed by atoms with van der Waals surface area (Å²) in [5, 5.41) is 14.1. The van der Waals surface area contributed by atoms with Crippen molar-refractivity contribution in [2.24, 2.45) is 5.73 Å². The van der Waals surface area contributed by atoms with Gasteiger partial charge in [-0.15, -0.1) is 0 Å². The number of alkyl carbamates (subject to hydrolysis) is 2. The number of rotatable bonds is 12. The number of nitrogens with one attached hydrogen (secondary N) is 2. The van der Waals surface area contributed by atoms with Gasteiger partial charge in [-0.2, -0.15) is 0 Å². The van der Waals surface area contributed by atoms with E-state index in [0.717, 1.165) is 22.3 Å². The molecule has 4 aromatic rings. The van der Waals surface area contributed by atoms with Crippen molar-refractivity contribution in [2.75, 3.05) is 0 Å². The van der Waals surface area contributed by atoms with Gasteiger partial charge in [0.15, 0.2) is 0 Å². The zero-order chi connectivity index (χ0) is 31.6. The highest BCUT2D eigenvalue weighted by Gasteiger charge is 2.21. The van der Waals surface area contributed by atoms with E-state index in [4.69, 9.17) is 15.2 Å². The normalized spacial score (nSPS) is 11.5. The zero-order valence-corrected chi connectivity index (χ0v) is 24.0. The first-order valence-corrected chi connectivity index (χ1v) is 13.8. The summed E-state index contributed by atoms with van der Waals surface area (Å²) < 4.78 is 10.1. The Labute approximate surface area is 255 Å². The Morgan fingerprint density at radius 1 is 0.545 bits per heavy atom. The molecule has 0 saturated carbocycles. The molecule has 0 bridgehead atoms. The molecule has 0 spiro atoms. The number of primary amides is 1. The second-order valence-corrected chi connectivity index (χ2v) is 9.64. The van der Waals surface area contributed by atoms with Crippen LogP contribution in [-0.2, 0) is 45.1 Å². The van der Waals surface area contributed by atoms with Crippen molar-refractivity contribution in [1.82, 2.24) is 10.6 Å². The molecule has 0 saturated heterocycles. The fourth-order valence-corrected chi connectivity index (χ4v) is 3.94. The van der Waals surface area contributed by atoms with E-state index < -0.39 is 36.1 Å². The zero-order valence-electron chi connectivity index (χ0n) is 24.0. The van der Waals surface area contributed by atoms with Crippen LogP contribution in [0.4, 0.5) is 9.59 Å². The van der Waals surface area contributed by atoms with Crippen molar-refractivity contribution < 1.29 is 33.8 Å². The predicted molar refractivity (Wildman–Crippen MR) is 164 cm³/mol. The molecule has 0 radical (unpaired) electrons. The molecule has 0 aromatic heterocycles. The molecular weight excluding hydrogens is 562 g/mol. The van der Waals surface area contributed by atoms with Crippen LogP contribution in [0.3, 0.4) is 0 Å². The molecule has 228 valence electrons. The first-order chi connectivity index (χ1) is 21.3. The van der Waals surface area contributed by atoms with Crippen molar-refractivity contribution in [2.45, 2.75) is 38.1 Å². The van der Waals surface area contributed by atoms with Gasteiger partial charge in [-0.3, -0.25) is 4.79 Å². The van der Waals surface area contributed by atoms with Gasteiger partial charge in [0, 0.05) is 12.8 Å². The summed E-state index contributed by atoms with van der Waals surface area (Å²) in [6.07, 6.45) is -0.872. The summed E-state index contributed by atoms with van der Waals surface area (Å²) in [6.45, 7) is 0.244. The lowest BCUT2D eigenvalue weighted by Crippen LogP contribution is -2.46. The van der Waals surface area contributed by atoms with Crippen molar-refractivity contribution in [3.8, 4) is 0 Å². The van der Waals surface area contributed by atoms with Crippen LogP contribution in [-0.4, -0.2) is 41.3 Å². The van der Waals surface area contributed by atoms with Crippen molar-refractivity contribution in [1.29, 1.82) is 0 Å². The van der Waals surface area contributed by atoms with Crippen LogP contribution in [0.5, 0.6) is 0 Å². The quantitative estimate of drug-likeness (QED) is 0.186. The minimum absolute atomic E-state index is 0.102. The topological polar surface area (TPSA) is 157 Å². The number of benzene rings is 4. The fraction of sp³-hybridized carbons (Fsp3) is 0.176. The predicted octanol–water partition coefficient (Wildman–Crippen LogP) is 4.62. The van der Waals surface area contributed by atoms with Gasteiger partial charge in [-0.05, 0) is 22.3 Å². The Balaban J connectivity index is 0.000000240. The maximum Gasteiger partial charge on any atom is 0.408 e. The van der Waals surface area contributed by atoms with Crippen LogP contribution in [0.15, 0.2) is 121 Å². The van der Waals surface area contributed by atoms with Gasteiger partial charge in [0.25, 0.3) is 0 Å². The minimum atomic E-state index is -1.10. The Hall–Kier alpha value is -5.64. The standard InChI is InChI=1S/C17H18N2O3.C17H17NO4/c18-16(20)15(11-13-7-3-1-4-8-13)19-17(21)22-12-14-9-5-2-6-10-14;19-16(20)15(11-13-7-3-1-4-8-13)18-17(21)22-12-14-9-5-2-6-10-14/h1-10,15H,11-12H2,(H2,18,20)(H,19,21);1-10,15H,11-12H2,(H,18,21)(H,19,20). The molecule has 0 aliphatic heterocycles. The molecule has 10 nitrogen and oxygen atoms in total. The lowest BCUT2D eigenvalue weighted by atomic mass is 10.1. The van der Waals surface area contributed by atoms with E-state index in [-0.39, 0.29) is 19.6 Å². The molecule has 44 heavy (non-hydrogen) atoms. The summed E-state index contributed by atoms with van der Waals surface area (Å²) in [7, 11) is 0. The average molecular weight is 598 g/mol. The summed E-state index contributed by atoms with van der Waals surface area (Å²) >= 11 is 0. The van der Waals surface area contributed by atoms with Gasteiger partial charge >= 0.3 is 18.2 Å². The first kappa shape index (κ1) is 32.9. The molecule has 0 aliphatic carbocycles. The highest BCUT2D eigenvalue weighted by atomic mass is 16.6. The molecule has 0 heterocycles. The molecule has 2 unspecified atom stereocenters. The number of carboxylic acids is 1. The van der Waals surface area contributed by atoms with E-state index in [1.807, 2.05) is 121 Å². The number of carboxylic acid groups (broad SMARTS) is 1. The SMILES string of the molecule is NC(=O)C(Cc1ccccc1)NC(=O)OCc1ccccc1.O=C(NC(Cc1ccccc1)C(=O)O)OCc1ccccc1. The van der Waals surface area contributed by atoms with E-state index >= 15 is 0 Å². The van der Waals surface area contributed by atoms with E-state index in [0.29, 0.717) is 6.42 Å². The first-order valence-electron chi connectivity index (χ1n) is 13.8. The van der Waals surface area contributed by atoms with Crippen LogP contribution < -0.4 is 16.4 Å². The summed E-state index contributed by atoms with van der Waals surface area (Å²) in [4.78, 5) is 46.2. The Morgan fingerprint density at radius 3 is 1.20 bits per heavy atom. The third kappa shape index (κ3) is 12.5. The van der Waals surface area contributed by atoms with E-state index in [2.05, 4.69) is 10.6 Å². The van der Waals surface area contributed by atoms with Crippen molar-refractivity contribution in [3.05, 3.63) is 144 Å². The second kappa shape index (κ2) is 18.0. The van der Waals surface area contributed by atoms with Crippen molar-refractivity contribution in [3.63, 3.8) is 0 Å². The molecule has 4 rings (SSSR count). The number of carbonyl (C=O) groups is 4. The van der Waals surface area contributed by atoms with Gasteiger partial charge in [0.05, 0.1) is 0 Å². The van der Waals surface area contributed by atoms with Crippen LogP contribution in [0.25, 0.3) is 0 Å². The Kier molecular flexibility index (Phi) is 13.5. The average Bonchev–Trinajstić information content (AvgIpc) is 3.04. The van der Waals surface area contributed by atoms with E-state index in [1.165, 1.54) is 0 Å². The van der Waals surface area contributed by atoms with Gasteiger partial charge in [0.1, 0.15) is 25.3 Å². The molecule has 5 N–H and O–H groups in total. The van der Waals surface area contributed by atoms with Gasteiger partial charge in [-0.1, -0.05) is 121 Å². The largest absolute Gasteiger partial charge is 0.480 e. The number of hydrogen-bond donors (Lipinski definition) is 4. The molecule has 3 amide bonds. The van der Waals surface area contributed by atoms with E-state index in [9.17, 15) is 24.3 Å². The Morgan fingerprint density at radius 2 is 0.864 bits per heavy atom. The summed E-state index contributed by atoms with van der Waals surface area (Å²) in [5.41, 5.74) is 8.79. The van der Waals surface area contributed by atoms with Crippen LogP contribution >= 0.6 is 0 Å². The summed E-state index contributed by atoms with van der Waals surface area (Å²) in [6, 6.07) is 35.1. The van der Waals surface area contributed by atoms with Gasteiger partial charge in [0.2, 0.25) is 5.91 Å². The monoisotopic (exact) mass is 597 g/mol. The Bertz CT molecular complexity index is 1340. The lowest BCUT2D eigenvalue weighted by Gasteiger charge is -2.15. The number of nitrogens with two attached hydrogens (primary N) is 1. The van der Waals surface area contributed by atoms with Crippen LogP contribution in [0.2, 0.25) is 0 Å². The molecule has 4 aromatic carbocycles. The number of ether oxygens (including phenoxy) is 2. The molecular formula is C34H35N3O7. The maximum atomic E-state index is 11.8. The van der Waals surface area contributed by atoms with Gasteiger partial charge < -0.3 is 30.9 Å². The smallest absolute Gasteiger partial charge is 0.408 e. The minimum Gasteiger partial charge on any atom is -0.480 e. The summed E-state index contributed by atoms with van der Waals surface area (Å²) in [5.74, 6) is -1.69. The molecule has 2 atom stereocenters. The van der Waals surface area contributed by atoms with Crippen LogP contribution in [0.1, 0.15) is 22.3 Å². The fourth-order valence-electron chi connectivity index (χ4n) is 3.94. The van der Waals surface area contributed by atoms with Crippen molar-refractivity contribution >= 4 is 24.1 Å². The number of amides is 3. The maximum absolute atomic E-state index is 11.8. The number of hydrogen-bond acceptors (Lipinski definition) is 6. The highest BCUT2D eigenvalue weighted by Crippen LogP contribution is 2.06. The van der Waals surface area contributed by atoms with E-state index in [1.54, 1.807) is 0 Å². The van der Waals surface area contributed by atoms with Gasteiger partial charge in [-0.25, -0.2) is 14.4 Å². The molecule has 10 heteroatoms. The molecule has 0 aliphatic rings. The second-order valence-electron chi connectivity index (χ2n) is 9.64. The number of carbonyl (C=O) groups excluding carboxylic acids is 3. The highest BCUT2D eigenvalue weighted by molar-refractivity contribution is 5.84. The van der Waals surface area contributed by atoms with Crippen LogP contribution in [0, 0.1) is 0 Å².